The predicted octanol–water partition coefficient (Wildman–Crippen LogP) is 5.86. The number of hydrogen-bond donors (Lipinski definition) is 0. The molecule has 3 aromatic carbocycles. The Hall–Kier alpha value is -2.61. The second-order valence-electron chi connectivity index (χ2n) is 9.20. The summed E-state index contributed by atoms with van der Waals surface area (Å²) >= 11 is 0. The fourth-order valence-electron chi connectivity index (χ4n) is 4.17. The molecule has 1 saturated heterocycles. The van der Waals surface area contributed by atoms with E-state index < -0.39 is 30.8 Å². The van der Waals surface area contributed by atoms with Crippen molar-refractivity contribution >= 4 is 0 Å². The van der Waals surface area contributed by atoms with Crippen LogP contribution in [0.4, 0.5) is 4.39 Å². The third-order valence-electron chi connectivity index (χ3n) is 5.94. The number of halogens is 1. The van der Waals surface area contributed by atoms with Crippen molar-refractivity contribution in [3.63, 3.8) is 0 Å². The molecule has 1 unspecified atom stereocenters. The van der Waals surface area contributed by atoms with Gasteiger partial charge in [0.25, 0.3) is 0 Å². The van der Waals surface area contributed by atoms with E-state index in [1.165, 1.54) is 0 Å². The summed E-state index contributed by atoms with van der Waals surface area (Å²) in [6.45, 7) is 4.89. The molecule has 1 heterocycles. The average Bonchev–Trinajstić information content (AvgIpc) is 2.90. The molecular weight excluding hydrogens is 459 g/mol. The van der Waals surface area contributed by atoms with Gasteiger partial charge >= 0.3 is 0 Å². The molecule has 5 nitrogen and oxygen atoms in total. The summed E-state index contributed by atoms with van der Waals surface area (Å²) in [6.07, 6.45) is -4.97. The van der Waals surface area contributed by atoms with Crippen molar-refractivity contribution in [3.8, 4) is 0 Å². The summed E-state index contributed by atoms with van der Waals surface area (Å²) in [5.74, 6) is 0. The number of rotatable bonds is 12. The van der Waals surface area contributed by atoms with Crippen LogP contribution >= 0.6 is 0 Å². The number of ether oxygens (including phenoxy) is 5. The van der Waals surface area contributed by atoms with Gasteiger partial charge in [-0.15, -0.1) is 0 Å². The molecule has 0 aliphatic carbocycles. The Bertz CT molecular complexity index is 1000. The minimum atomic E-state index is -1.53. The van der Waals surface area contributed by atoms with Gasteiger partial charge < -0.3 is 23.7 Å². The summed E-state index contributed by atoms with van der Waals surface area (Å²) in [7, 11) is 0. The van der Waals surface area contributed by atoms with Crippen LogP contribution < -0.4 is 0 Å². The topological polar surface area (TPSA) is 46.2 Å². The van der Waals surface area contributed by atoms with E-state index in [2.05, 4.69) is 0 Å². The van der Waals surface area contributed by atoms with E-state index in [4.69, 9.17) is 23.7 Å². The Morgan fingerprint density at radius 2 is 1.17 bits per heavy atom. The first-order valence-corrected chi connectivity index (χ1v) is 12.5. The maximum absolute atomic E-state index is 15.8. The van der Waals surface area contributed by atoms with Gasteiger partial charge in [-0.05, 0) is 30.5 Å². The highest BCUT2D eigenvalue weighted by Gasteiger charge is 2.49. The Morgan fingerprint density at radius 1 is 0.694 bits per heavy atom. The maximum Gasteiger partial charge on any atom is 0.192 e. The molecule has 0 aromatic heterocycles. The van der Waals surface area contributed by atoms with E-state index in [0.29, 0.717) is 13.2 Å². The third kappa shape index (κ3) is 7.69. The van der Waals surface area contributed by atoms with E-state index in [1.54, 1.807) is 0 Å². The predicted molar refractivity (Wildman–Crippen MR) is 136 cm³/mol. The lowest BCUT2D eigenvalue weighted by atomic mass is 9.99. The van der Waals surface area contributed by atoms with Gasteiger partial charge in [0.2, 0.25) is 0 Å². The zero-order chi connectivity index (χ0) is 25.2. The molecule has 3 aromatic rings. The fourth-order valence-corrected chi connectivity index (χ4v) is 4.17. The van der Waals surface area contributed by atoms with Gasteiger partial charge in [-0.3, -0.25) is 0 Å². The standard InChI is InChI=1S/C30H35FO5/c1-22(2)35-30-27(31)29(34-20-25-16-10-5-11-17-25)28(33-19-24-14-8-4-9-15-24)26(36-30)21-32-18-23-12-6-3-7-13-23/h3-17,22,26-30H,18-21H2,1-2H3/t26-,27-,28+,29-,30?/m1/s1. The molecule has 1 aliphatic rings. The lowest BCUT2D eigenvalue weighted by Gasteiger charge is -2.43. The molecule has 5 atom stereocenters. The van der Waals surface area contributed by atoms with Gasteiger partial charge in [-0.2, -0.15) is 0 Å². The van der Waals surface area contributed by atoms with Crippen LogP contribution in [0.5, 0.6) is 0 Å². The fraction of sp³-hybridized carbons (Fsp3) is 0.400. The molecule has 4 rings (SSSR count). The largest absolute Gasteiger partial charge is 0.374 e. The van der Waals surface area contributed by atoms with Crippen LogP contribution in [0.2, 0.25) is 0 Å². The monoisotopic (exact) mass is 494 g/mol. The smallest absolute Gasteiger partial charge is 0.192 e. The number of hydrogen-bond acceptors (Lipinski definition) is 5. The van der Waals surface area contributed by atoms with E-state index >= 15 is 4.39 Å². The van der Waals surface area contributed by atoms with Crippen LogP contribution in [0.3, 0.4) is 0 Å². The molecule has 1 fully saturated rings. The van der Waals surface area contributed by atoms with Crippen molar-refractivity contribution in [2.24, 2.45) is 0 Å². The summed E-state index contributed by atoms with van der Waals surface area (Å²) < 4.78 is 46.2. The average molecular weight is 495 g/mol. The molecule has 0 N–H and O–H groups in total. The van der Waals surface area contributed by atoms with Crippen molar-refractivity contribution in [1.29, 1.82) is 0 Å². The molecule has 0 amide bonds. The zero-order valence-electron chi connectivity index (χ0n) is 20.9. The van der Waals surface area contributed by atoms with Gasteiger partial charge in [0.1, 0.15) is 18.3 Å². The maximum atomic E-state index is 15.8. The quantitative estimate of drug-likeness (QED) is 0.316. The highest BCUT2D eigenvalue weighted by Crippen LogP contribution is 2.31. The summed E-state index contributed by atoms with van der Waals surface area (Å²) in [6, 6.07) is 29.4. The first kappa shape index (κ1) is 26.5. The van der Waals surface area contributed by atoms with Crippen molar-refractivity contribution in [1.82, 2.24) is 0 Å². The second-order valence-corrected chi connectivity index (χ2v) is 9.20. The third-order valence-corrected chi connectivity index (χ3v) is 5.94. The Balaban J connectivity index is 1.52. The minimum Gasteiger partial charge on any atom is -0.374 e. The van der Waals surface area contributed by atoms with E-state index in [9.17, 15) is 0 Å². The Labute approximate surface area is 213 Å². The molecule has 1 aliphatic heterocycles. The summed E-state index contributed by atoms with van der Waals surface area (Å²) in [5.41, 5.74) is 2.99. The van der Waals surface area contributed by atoms with Crippen molar-refractivity contribution in [2.75, 3.05) is 6.61 Å². The van der Waals surface area contributed by atoms with Crippen LogP contribution in [-0.4, -0.2) is 43.5 Å². The second kappa shape index (κ2) is 13.6. The first-order chi connectivity index (χ1) is 17.6. The minimum absolute atomic E-state index is 0.212. The van der Waals surface area contributed by atoms with Gasteiger partial charge in [0, 0.05) is 0 Å². The van der Waals surface area contributed by atoms with Gasteiger partial charge in [-0.1, -0.05) is 91.0 Å². The zero-order valence-corrected chi connectivity index (χ0v) is 20.9. The normalized spacial score (nSPS) is 24.2. The van der Waals surface area contributed by atoms with Crippen molar-refractivity contribution < 1.29 is 28.1 Å². The lowest BCUT2D eigenvalue weighted by molar-refractivity contribution is -0.312. The van der Waals surface area contributed by atoms with Crippen LogP contribution in [0.1, 0.15) is 30.5 Å². The van der Waals surface area contributed by atoms with E-state index in [1.807, 2.05) is 105 Å². The van der Waals surface area contributed by atoms with E-state index in [0.717, 1.165) is 16.7 Å². The molecule has 6 heteroatoms. The van der Waals surface area contributed by atoms with Crippen LogP contribution in [0.15, 0.2) is 91.0 Å². The SMILES string of the molecule is CC(C)OC1O[C@H](COCc2ccccc2)[C@H](OCc2ccccc2)[C@H](OCc2ccccc2)[C@H]1F. The Kier molecular flexibility index (Phi) is 10.0. The highest BCUT2D eigenvalue weighted by atomic mass is 19.1. The van der Waals surface area contributed by atoms with Crippen molar-refractivity contribution in [3.05, 3.63) is 108 Å². The first-order valence-electron chi connectivity index (χ1n) is 12.5. The van der Waals surface area contributed by atoms with Gasteiger partial charge in [-0.25, -0.2) is 4.39 Å². The van der Waals surface area contributed by atoms with Gasteiger partial charge in [0.15, 0.2) is 12.5 Å². The molecule has 0 radical (unpaired) electrons. The molecule has 36 heavy (non-hydrogen) atoms. The Morgan fingerprint density at radius 3 is 1.67 bits per heavy atom. The summed E-state index contributed by atoms with van der Waals surface area (Å²) in [4.78, 5) is 0. The molecule has 0 saturated carbocycles. The molecular formula is C30H35FO5. The molecule has 0 bridgehead atoms. The highest BCUT2D eigenvalue weighted by molar-refractivity contribution is 5.15. The van der Waals surface area contributed by atoms with Crippen LogP contribution in [0, 0.1) is 0 Å². The summed E-state index contributed by atoms with van der Waals surface area (Å²) in [5, 5.41) is 0. The molecule has 192 valence electrons. The van der Waals surface area contributed by atoms with Crippen LogP contribution in [0.25, 0.3) is 0 Å². The molecule has 0 spiro atoms. The van der Waals surface area contributed by atoms with Crippen LogP contribution in [-0.2, 0) is 43.5 Å². The lowest BCUT2D eigenvalue weighted by Crippen LogP contribution is -2.60. The van der Waals surface area contributed by atoms with Crippen molar-refractivity contribution in [2.45, 2.75) is 70.5 Å². The number of alkyl halides is 1. The van der Waals surface area contributed by atoms with Gasteiger partial charge in [0.05, 0.1) is 32.5 Å². The number of benzene rings is 3. The van der Waals surface area contributed by atoms with E-state index in [-0.39, 0.29) is 19.3 Å².